The van der Waals surface area contributed by atoms with Crippen molar-refractivity contribution < 1.29 is 9.30 Å². The number of hydrogen-bond donors (Lipinski definition) is 0. The van der Waals surface area contributed by atoms with E-state index in [1.54, 1.807) is 11.3 Å². The van der Waals surface area contributed by atoms with Crippen LogP contribution in [0.25, 0.3) is 16.3 Å². The lowest BCUT2D eigenvalue weighted by molar-refractivity contribution is -0.656. The van der Waals surface area contributed by atoms with Crippen molar-refractivity contribution in [2.24, 2.45) is 0 Å². The highest BCUT2D eigenvalue weighted by Crippen LogP contribution is 2.38. The number of anilines is 1. The van der Waals surface area contributed by atoms with Crippen LogP contribution in [0, 0.1) is 11.3 Å². The fourth-order valence-electron chi connectivity index (χ4n) is 3.13. The van der Waals surface area contributed by atoms with Gasteiger partial charge in [0.1, 0.15) is 10.8 Å². The average molecular weight is 360 g/mol. The van der Waals surface area contributed by atoms with Crippen molar-refractivity contribution >= 4 is 33.3 Å². The summed E-state index contributed by atoms with van der Waals surface area (Å²) in [6, 6.07) is 18.5. The van der Waals surface area contributed by atoms with Gasteiger partial charge >= 0.3 is 0 Å². The van der Waals surface area contributed by atoms with Crippen LogP contribution in [0.15, 0.2) is 66.6 Å². The number of allylic oxidation sites excluding steroid dienone is 2. The van der Waals surface area contributed by atoms with E-state index in [2.05, 4.69) is 36.1 Å². The molecule has 1 aromatic heterocycles. The standard InChI is InChI=1S/C21H18N3OS/c1-2-23-16-8-3-5-10-18(16)25-20(23)12-7-13-21-24(15-14-22)17-9-4-6-11-19(17)26-21/h3-13H,2,15H2,1H3/q+1. The Labute approximate surface area is 156 Å². The van der Waals surface area contributed by atoms with E-state index in [4.69, 9.17) is 10.00 Å². The van der Waals surface area contributed by atoms with Gasteiger partial charge in [0, 0.05) is 18.7 Å². The van der Waals surface area contributed by atoms with Crippen LogP contribution >= 0.6 is 11.3 Å². The maximum atomic E-state index is 9.16. The first-order valence-corrected chi connectivity index (χ1v) is 9.34. The number of ether oxygens (including phenoxy) is 1. The molecule has 0 fully saturated rings. The Morgan fingerprint density at radius 1 is 1.19 bits per heavy atom. The van der Waals surface area contributed by atoms with Crippen molar-refractivity contribution in [3.8, 4) is 11.8 Å². The van der Waals surface area contributed by atoms with Gasteiger partial charge in [0.05, 0.1) is 5.69 Å². The summed E-state index contributed by atoms with van der Waals surface area (Å²) >= 11 is 1.68. The summed E-state index contributed by atoms with van der Waals surface area (Å²) in [6.45, 7) is 3.28. The van der Waals surface area contributed by atoms with Crippen LogP contribution < -0.4 is 14.2 Å². The molecule has 1 aliphatic rings. The lowest BCUT2D eigenvalue weighted by atomic mass is 10.3. The van der Waals surface area contributed by atoms with Crippen LogP contribution in [0.1, 0.15) is 11.9 Å². The van der Waals surface area contributed by atoms with E-state index in [0.29, 0.717) is 6.54 Å². The van der Waals surface area contributed by atoms with Gasteiger partial charge in [-0.25, -0.2) is 0 Å². The Hall–Kier alpha value is -3.10. The molecule has 4 rings (SSSR count). The lowest BCUT2D eigenvalue weighted by Crippen LogP contribution is -2.34. The van der Waals surface area contributed by atoms with Gasteiger partial charge in [-0.15, -0.1) is 0 Å². The molecular weight excluding hydrogens is 342 g/mol. The summed E-state index contributed by atoms with van der Waals surface area (Å²) in [6.07, 6.45) is 6.00. The zero-order valence-corrected chi connectivity index (χ0v) is 15.2. The van der Waals surface area contributed by atoms with E-state index >= 15 is 0 Å². The minimum absolute atomic E-state index is 0.337. The quantitative estimate of drug-likeness (QED) is 0.644. The fraction of sp³-hybridized carbons (Fsp3) is 0.143. The highest BCUT2D eigenvalue weighted by Gasteiger charge is 2.23. The zero-order chi connectivity index (χ0) is 17.9. The topological polar surface area (TPSA) is 40.1 Å². The predicted molar refractivity (Wildman–Crippen MR) is 105 cm³/mol. The van der Waals surface area contributed by atoms with Crippen molar-refractivity contribution in [1.29, 1.82) is 5.26 Å². The molecule has 0 aliphatic carbocycles. The number of aromatic nitrogens is 1. The number of nitriles is 1. The van der Waals surface area contributed by atoms with E-state index in [1.165, 1.54) is 4.70 Å². The number of fused-ring (bicyclic) bond motifs is 2. The third kappa shape index (κ3) is 2.85. The highest BCUT2D eigenvalue weighted by molar-refractivity contribution is 7.18. The minimum Gasteiger partial charge on any atom is -0.439 e. The van der Waals surface area contributed by atoms with Gasteiger partial charge in [-0.2, -0.15) is 9.83 Å². The summed E-state index contributed by atoms with van der Waals surface area (Å²) in [4.78, 5) is 2.15. The number of hydrogen-bond acceptors (Lipinski definition) is 4. The first-order chi connectivity index (χ1) is 12.8. The van der Waals surface area contributed by atoms with Gasteiger partial charge in [0.15, 0.2) is 5.75 Å². The Morgan fingerprint density at radius 3 is 2.85 bits per heavy atom. The molecule has 128 valence electrons. The summed E-state index contributed by atoms with van der Waals surface area (Å²) in [5.41, 5.74) is 2.18. The van der Waals surface area contributed by atoms with Crippen molar-refractivity contribution in [2.45, 2.75) is 13.5 Å². The van der Waals surface area contributed by atoms with Crippen LogP contribution in [0.5, 0.6) is 5.75 Å². The van der Waals surface area contributed by atoms with Crippen LogP contribution in [-0.2, 0) is 6.54 Å². The second-order valence-electron chi connectivity index (χ2n) is 5.83. The first kappa shape index (κ1) is 16.4. The molecule has 4 nitrogen and oxygen atoms in total. The van der Waals surface area contributed by atoms with Crippen LogP contribution in [0.3, 0.4) is 0 Å². The van der Waals surface area contributed by atoms with E-state index in [1.807, 2.05) is 53.1 Å². The predicted octanol–water partition coefficient (Wildman–Crippen LogP) is 4.49. The van der Waals surface area contributed by atoms with Crippen molar-refractivity contribution in [3.63, 3.8) is 0 Å². The molecule has 26 heavy (non-hydrogen) atoms. The highest BCUT2D eigenvalue weighted by atomic mass is 32.1. The molecule has 0 saturated heterocycles. The Balaban J connectivity index is 1.65. The molecular formula is C21H18N3OS+. The number of thiazole rings is 1. The zero-order valence-electron chi connectivity index (χ0n) is 14.4. The van der Waals surface area contributed by atoms with Gasteiger partial charge in [-0.1, -0.05) is 35.6 Å². The van der Waals surface area contributed by atoms with Crippen molar-refractivity contribution in [2.75, 3.05) is 11.4 Å². The summed E-state index contributed by atoms with van der Waals surface area (Å²) in [5, 5.41) is 10.2. The molecule has 1 aliphatic heterocycles. The smallest absolute Gasteiger partial charge is 0.263 e. The van der Waals surface area contributed by atoms with E-state index in [-0.39, 0.29) is 0 Å². The molecule has 5 heteroatoms. The Kier molecular flexibility index (Phi) is 4.42. The van der Waals surface area contributed by atoms with Gasteiger partial charge in [-0.05, 0) is 37.3 Å². The molecule has 0 bridgehead atoms. The maximum absolute atomic E-state index is 9.16. The molecule has 0 saturated carbocycles. The van der Waals surface area contributed by atoms with Gasteiger partial charge in [-0.3, -0.25) is 0 Å². The number of benzene rings is 2. The second-order valence-corrected chi connectivity index (χ2v) is 6.89. The molecule has 0 spiro atoms. The monoisotopic (exact) mass is 360 g/mol. The summed E-state index contributed by atoms with van der Waals surface area (Å²) < 4.78 is 9.18. The first-order valence-electron chi connectivity index (χ1n) is 8.53. The number of rotatable bonds is 4. The van der Waals surface area contributed by atoms with E-state index in [0.717, 1.165) is 34.4 Å². The van der Waals surface area contributed by atoms with Crippen LogP contribution in [-0.4, -0.2) is 6.54 Å². The van der Waals surface area contributed by atoms with E-state index < -0.39 is 0 Å². The number of nitrogens with zero attached hydrogens (tertiary/aromatic N) is 3. The van der Waals surface area contributed by atoms with Gasteiger partial charge in [0.2, 0.25) is 17.9 Å². The molecule has 0 N–H and O–H groups in total. The molecule has 0 radical (unpaired) electrons. The molecule has 3 aromatic rings. The molecule has 0 atom stereocenters. The summed E-state index contributed by atoms with van der Waals surface area (Å²) in [7, 11) is 0. The molecule has 0 unspecified atom stereocenters. The number of para-hydroxylation sites is 3. The normalized spacial score (nSPS) is 14.8. The van der Waals surface area contributed by atoms with Gasteiger partial charge < -0.3 is 9.64 Å². The summed E-state index contributed by atoms with van der Waals surface area (Å²) in [5.74, 6) is 1.70. The van der Waals surface area contributed by atoms with Crippen molar-refractivity contribution in [1.82, 2.24) is 0 Å². The average Bonchev–Trinajstić information content (AvgIpc) is 3.20. The third-order valence-electron chi connectivity index (χ3n) is 4.30. The van der Waals surface area contributed by atoms with E-state index in [9.17, 15) is 0 Å². The molecule has 2 heterocycles. The maximum Gasteiger partial charge on any atom is 0.263 e. The van der Waals surface area contributed by atoms with Gasteiger partial charge in [0.25, 0.3) is 5.01 Å². The molecule has 0 amide bonds. The van der Waals surface area contributed by atoms with Crippen LogP contribution in [0.4, 0.5) is 5.69 Å². The van der Waals surface area contributed by atoms with Crippen molar-refractivity contribution in [3.05, 3.63) is 71.6 Å². The minimum atomic E-state index is 0.337. The third-order valence-corrected chi connectivity index (χ3v) is 5.43. The molecule has 2 aromatic carbocycles. The fourth-order valence-corrected chi connectivity index (χ4v) is 4.20. The second kappa shape index (κ2) is 7.03. The lowest BCUT2D eigenvalue weighted by Gasteiger charge is -2.14. The Morgan fingerprint density at radius 2 is 2.00 bits per heavy atom. The Bertz CT molecular complexity index is 1060. The van der Waals surface area contributed by atoms with Crippen LogP contribution in [0.2, 0.25) is 0 Å². The largest absolute Gasteiger partial charge is 0.439 e. The SMILES string of the molecule is CCN1/C(=C/C=C/c2sc3ccccc3[n+]2CC#N)Oc2ccccc21.